The van der Waals surface area contributed by atoms with Crippen molar-refractivity contribution in [1.82, 2.24) is 15.1 Å². The molecule has 1 unspecified atom stereocenters. The number of carbonyl (C=O) groups is 1. The number of ether oxygens (including phenoxy) is 1. The first-order valence-corrected chi connectivity index (χ1v) is 8.76. The molecule has 1 N–H and O–H groups in total. The van der Waals surface area contributed by atoms with E-state index in [1.54, 1.807) is 0 Å². The summed E-state index contributed by atoms with van der Waals surface area (Å²) in [6, 6.07) is 9.41. The van der Waals surface area contributed by atoms with E-state index in [1.165, 1.54) is 11.1 Å². The van der Waals surface area contributed by atoms with E-state index >= 15 is 0 Å². The Hall–Kier alpha value is -1.59. The summed E-state index contributed by atoms with van der Waals surface area (Å²) in [5.74, 6) is 0. The van der Waals surface area contributed by atoms with Crippen LogP contribution in [0.1, 0.15) is 30.0 Å². The Morgan fingerprint density at radius 1 is 1.13 bits per heavy atom. The van der Waals surface area contributed by atoms with Crippen LogP contribution in [0.3, 0.4) is 0 Å². The quantitative estimate of drug-likeness (QED) is 0.859. The molecule has 0 saturated carbocycles. The molecule has 3 heterocycles. The predicted molar refractivity (Wildman–Crippen MR) is 88.4 cm³/mol. The maximum absolute atomic E-state index is 12.6. The summed E-state index contributed by atoms with van der Waals surface area (Å²) in [5.41, 5.74) is 2.85. The SMILES string of the molecule is O=C(NC1CCOCC1)N1CCN2CCc3ccccc3C2C1. The van der Waals surface area contributed by atoms with Crippen LogP contribution in [0.25, 0.3) is 0 Å². The summed E-state index contributed by atoms with van der Waals surface area (Å²) in [6.45, 7) is 5.22. The van der Waals surface area contributed by atoms with E-state index in [0.29, 0.717) is 6.04 Å². The lowest BCUT2D eigenvalue weighted by atomic mass is 9.91. The lowest BCUT2D eigenvalue weighted by molar-refractivity contribution is 0.0667. The van der Waals surface area contributed by atoms with Crippen molar-refractivity contribution in [3.05, 3.63) is 35.4 Å². The lowest BCUT2D eigenvalue weighted by Gasteiger charge is -2.45. The van der Waals surface area contributed by atoms with Crippen LogP contribution in [0.4, 0.5) is 4.79 Å². The van der Waals surface area contributed by atoms with Crippen LogP contribution in [-0.4, -0.2) is 61.3 Å². The van der Waals surface area contributed by atoms with Crippen molar-refractivity contribution < 1.29 is 9.53 Å². The lowest BCUT2D eigenvalue weighted by Crippen LogP contribution is -2.56. The van der Waals surface area contributed by atoms with E-state index < -0.39 is 0 Å². The maximum Gasteiger partial charge on any atom is 0.317 e. The van der Waals surface area contributed by atoms with Gasteiger partial charge in [-0.15, -0.1) is 0 Å². The Labute approximate surface area is 137 Å². The minimum Gasteiger partial charge on any atom is -0.381 e. The van der Waals surface area contributed by atoms with Gasteiger partial charge >= 0.3 is 6.03 Å². The van der Waals surface area contributed by atoms with Gasteiger partial charge in [0.05, 0.1) is 6.04 Å². The summed E-state index contributed by atoms with van der Waals surface area (Å²) in [5, 5.41) is 3.20. The Balaban J connectivity index is 1.43. The minimum absolute atomic E-state index is 0.0969. The molecule has 2 amide bonds. The van der Waals surface area contributed by atoms with Gasteiger partial charge in [-0.3, -0.25) is 4.90 Å². The number of fused-ring (bicyclic) bond motifs is 3. The molecule has 5 heteroatoms. The van der Waals surface area contributed by atoms with Crippen molar-refractivity contribution >= 4 is 6.03 Å². The Kier molecular flexibility index (Phi) is 4.23. The highest BCUT2D eigenvalue weighted by atomic mass is 16.5. The number of nitrogens with one attached hydrogen (secondary N) is 1. The largest absolute Gasteiger partial charge is 0.381 e. The molecule has 124 valence electrons. The van der Waals surface area contributed by atoms with Crippen LogP contribution >= 0.6 is 0 Å². The van der Waals surface area contributed by atoms with Gasteiger partial charge < -0.3 is 15.0 Å². The third-order valence-corrected chi connectivity index (χ3v) is 5.41. The van der Waals surface area contributed by atoms with Crippen LogP contribution in [0.15, 0.2) is 24.3 Å². The van der Waals surface area contributed by atoms with E-state index in [2.05, 4.69) is 34.5 Å². The number of nitrogens with zero attached hydrogens (tertiary/aromatic N) is 2. The standard InChI is InChI=1S/C18H25N3O2/c22-18(19-15-6-11-23-12-7-15)21-10-9-20-8-5-14-3-1-2-4-16(14)17(20)13-21/h1-4,15,17H,5-13H2,(H,19,22). The molecular weight excluding hydrogens is 290 g/mol. The molecule has 0 bridgehead atoms. The predicted octanol–water partition coefficient (Wildman–Crippen LogP) is 1.79. The summed E-state index contributed by atoms with van der Waals surface area (Å²) >= 11 is 0. The first-order valence-electron chi connectivity index (χ1n) is 8.76. The summed E-state index contributed by atoms with van der Waals surface area (Å²) in [6.07, 6.45) is 2.98. The van der Waals surface area contributed by atoms with Crippen LogP contribution < -0.4 is 5.32 Å². The first kappa shape index (κ1) is 15.0. The van der Waals surface area contributed by atoms with Crippen molar-refractivity contribution in [2.75, 3.05) is 39.4 Å². The number of rotatable bonds is 1. The van der Waals surface area contributed by atoms with Gasteiger partial charge in [-0.25, -0.2) is 4.79 Å². The molecule has 3 aliphatic rings. The van der Waals surface area contributed by atoms with Crippen molar-refractivity contribution in [2.24, 2.45) is 0 Å². The van der Waals surface area contributed by atoms with E-state index in [0.717, 1.165) is 58.7 Å². The molecule has 3 aliphatic heterocycles. The highest BCUT2D eigenvalue weighted by Crippen LogP contribution is 2.32. The smallest absolute Gasteiger partial charge is 0.317 e. The van der Waals surface area contributed by atoms with Crippen LogP contribution in [0.5, 0.6) is 0 Å². The molecule has 0 radical (unpaired) electrons. The fraction of sp³-hybridized carbons (Fsp3) is 0.611. The normalized spacial score (nSPS) is 25.6. The van der Waals surface area contributed by atoms with E-state index in [4.69, 9.17) is 4.74 Å². The van der Waals surface area contributed by atoms with Gasteiger partial charge in [0.15, 0.2) is 0 Å². The third-order valence-electron chi connectivity index (χ3n) is 5.41. The number of carbonyl (C=O) groups excluding carboxylic acids is 1. The molecule has 0 spiro atoms. The molecule has 1 aromatic rings. The molecule has 5 nitrogen and oxygen atoms in total. The van der Waals surface area contributed by atoms with Gasteiger partial charge in [0, 0.05) is 45.4 Å². The molecule has 0 aromatic heterocycles. The molecule has 23 heavy (non-hydrogen) atoms. The first-order chi connectivity index (χ1) is 11.3. The number of urea groups is 1. The molecule has 0 aliphatic carbocycles. The van der Waals surface area contributed by atoms with Gasteiger partial charge in [0.25, 0.3) is 0 Å². The van der Waals surface area contributed by atoms with Crippen molar-refractivity contribution in [3.63, 3.8) is 0 Å². The number of hydrogen-bond donors (Lipinski definition) is 1. The molecule has 1 atom stereocenters. The molecule has 2 fully saturated rings. The average molecular weight is 315 g/mol. The Morgan fingerprint density at radius 2 is 1.96 bits per heavy atom. The highest BCUT2D eigenvalue weighted by molar-refractivity contribution is 5.74. The van der Waals surface area contributed by atoms with Crippen molar-refractivity contribution in [3.8, 4) is 0 Å². The Morgan fingerprint density at radius 3 is 2.83 bits per heavy atom. The van der Waals surface area contributed by atoms with Crippen molar-refractivity contribution in [2.45, 2.75) is 31.3 Å². The summed E-state index contributed by atoms with van der Waals surface area (Å²) in [4.78, 5) is 17.1. The highest BCUT2D eigenvalue weighted by Gasteiger charge is 2.34. The molecule has 1 aromatic carbocycles. The fourth-order valence-corrected chi connectivity index (χ4v) is 4.03. The number of amides is 2. The molecular formula is C18H25N3O2. The van der Waals surface area contributed by atoms with E-state index in [-0.39, 0.29) is 12.1 Å². The second kappa shape index (κ2) is 6.49. The van der Waals surface area contributed by atoms with Gasteiger partial charge in [-0.1, -0.05) is 24.3 Å². The second-order valence-corrected chi connectivity index (χ2v) is 6.78. The Bertz CT molecular complexity index is 571. The van der Waals surface area contributed by atoms with Crippen LogP contribution in [0.2, 0.25) is 0 Å². The van der Waals surface area contributed by atoms with Gasteiger partial charge in [-0.2, -0.15) is 0 Å². The average Bonchev–Trinajstić information content (AvgIpc) is 2.62. The zero-order chi connectivity index (χ0) is 15.6. The van der Waals surface area contributed by atoms with E-state index in [9.17, 15) is 4.79 Å². The zero-order valence-electron chi connectivity index (χ0n) is 13.5. The van der Waals surface area contributed by atoms with Gasteiger partial charge in [0.1, 0.15) is 0 Å². The van der Waals surface area contributed by atoms with Gasteiger partial charge in [0.2, 0.25) is 0 Å². The fourth-order valence-electron chi connectivity index (χ4n) is 4.03. The number of benzene rings is 1. The van der Waals surface area contributed by atoms with Crippen molar-refractivity contribution in [1.29, 1.82) is 0 Å². The maximum atomic E-state index is 12.6. The van der Waals surface area contributed by atoms with Crippen LogP contribution in [-0.2, 0) is 11.2 Å². The number of piperazine rings is 1. The van der Waals surface area contributed by atoms with Crippen LogP contribution in [0, 0.1) is 0 Å². The minimum atomic E-state index is 0.0969. The number of hydrogen-bond acceptors (Lipinski definition) is 3. The summed E-state index contributed by atoms with van der Waals surface area (Å²) in [7, 11) is 0. The van der Waals surface area contributed by atoms with E-state index in [1.807, 2.05) is 4.90 Å². The second-order valence-electron chi connectivity index (χ2n) is 6.78. The molecule has 4 rings (SSSR count). The summed E-state index contributed by atoms with van der Waals surface area (Å²) < 4.78 is 5.36. The monoisotopic (exact) mass is 315 g/mol. The zero-order valence-corrected chi connectivity index (χ0v) is 13.5. The van der Waals surface area contributed by atoms with Gasteiger partial charge in [-0.05, 0) is 30.4 Å². The third kappa shape index (κ3) is 3.08. The molecule has 2 saturated heterocycles. The topological polar surface area (TPSA) is 44.8 Å².